The maximum Gasteiger partial charge on any atom is 0.418 e. The molecule has 2 fully saturated rings. The average molecular weight is 494 g/mol. The summed E-state index contributed by atoms with van der Waals surface area (Å²) >= 11 is 0. The fourth-order valence-corrected chi connectivity index (χ4v) is 5.20. The molecule has 0 atom stereocenters. The highest BCUT2D eigenvalue weighted by Crippen LogP contribution is 2.46. The highest BCUT2D eigenvalue weighted by molar-refractivity contribution is 5.79. The molecule has 2 N–H and O–H groups in total. The smallest absolute Gasteiger partial charge is 0.384 e. The molecule has 8 nitrogen and oxygen atoms in total. The zero-order chi connectivity index (χ0) is 25.4. The van der Waals surface area contributed by atoms with E-state index in [9.17, 15) is 23.3 Å². The molecule has 4 rings (SSSR count). The van der Waals surface area contributed by atoms with Crippen molar-refractivity contribution in [3.63, 3.8) is 0 Å². The standard InChI is InChI=1S/C24H30F3N5O3/c1-3-31(13-23(14-35-2)8-4-5-9-23)19-11-18(30-22(28)21(19)32(33)34)16-10-17(24(25,26)27)20(29-12-16)15-6-7-15/h10-12,15H,3-9,13-14H2,1-2H3,(H2,28,30). The van der Waals surface area contributed by atoms with Gasteiger partial charge in [-0.2, -0.15) is 13.2 Å². The minimum Gasteiger partial charge on any atom is -0.384 e. The van der Waals surface area contributed by atoms with E-state index in [1.165, 1.54) is 12.3 Å². The quantitative estimate of drug-likeness (QED) is 0.360. The van der Waals surface area contributed by atoms with Crippen LogP contribution in [0.3, 0.4) is 0 Å². The van der Waals surface area contributed by atoms with Gasteiger partial charge in [-0.15, -0.1) is 0 Å². The van der Waals surface area contributed by atoms with Gasteiger partial charge in [0.2, 0.25) is 5.82 Å². The number of aromatic nitrogens is 2. The van der Waals surface area contributed by atoms with Crippen molar-refractivity contribution < 1.29 is 22.8 Å². The molecule has 0 aromatic carbocycles. The fraction of sp³-hybridized carbons (Fsp3) is 0.583. The van der Waals surface area contributed by atoms with Gasteiger partial charge in [0.1, 0.15) is 5.69 Å². The summed E-state index contributed by atoms with van der Waals surface area (Å²) in [5.41, 5.74) is 5.23. The summed E-state index contributed by atoms with van der Waals surface area (Å²) in [7, 11) is 1.64. The Morgan fingerprint density at radius 2 is 1.97 bits per heavy atom. The van der Waals surface area contributed by atoms with Crippen molar-refractivity contribution >= 4 is 17.2 Å². The number of nitrogen functional groups attached to an aromatic ring is 1. The molecule has 2 aliphatic rings. The second-order valence-corrected chi connectivity index (χ2v) is 9.60. The van der Waals surface area contributed by atoms with Gasteiger partial charge < -0.3 is 15.4 Å². The number of ether oxygens (including phenoxy) is 1. The van der Waals surface area contributed by atoms with Crippen LogP contribution in [-0.4, -0.2) is 41.7 Å². The highest BCUT2D eigenvalue weighted by atomic mass is 19.4. The molecule has 0 aliphatic heterocycles. The molecule has 0 spiro atoms. The summed E-state index contributed by atoms with van der Waals surface area (Å²) in [6.45, 7) is 3.35. The number of nitrogens with two attached hydrogens (primary N) is 1. The van der Waals surface area contributed by atoms with Crippen molar-refractivity contribution in [3.8, 4) is 11.3 Å². The number of hydrogen-bond acceptors (Lipinski definition) is 7. The third-order valence-electron chi connectivity index (χ3n) is 7.03. The molecular formula is C24H30F3N5O3. The van der Waals surface area contributed by atoms with E-state index < -0.39 is 16.7 Å². The minimum absolute atomic E-state index is 0.0364. The lowest BCUT2D eigenvalue weighted by Crippen LogP contribution is -2.39. The predicted octanol–water partition coefficient (Wildman–Crippen LogP) is 5.56. The first kappa shape index (κ1) is 25.2. The lowest BCUT2D eigenvalue weighted by molar-refractivity contribution is -0.383. The Balaban J connectivity index is 1.80. The van der Waals surface area contributed by atoms with Crippen LogP contribution in [-0.2, 0) is 10.9 Å². The number of nitrogens with zero attached hydrogens (tertiary/aromatic N) is 4. The van der Waals surface area contributed by atoms with Crippen molar-refractivity contribution in [1.29, 1.82) is 0 Å². The molecule has 0 unspecified atom stereocenters. The largest absolute Gasteiger partial charge is 0.418 e. The van der Waals surface area contributed by atoms with Crippen LogP contribution in [0.1, 0.15) is 62.6 Å². The van der Waals surface area contributed by atoms with Gasteiger partial charge in [0.15, 0.2) is 0 Å². The number of methoxy groups -OCH3 is 1. The molecule has 0 amide bonds. The summed E-state index contributed by atoms with van der Waals surface area (Å²) in [4.78, 5) is 21.5. The van der Waals surface area contributed by atoms with Crippen LogP contribution in [0.25, 0.3) is 11.3 Å². The lowest BCUT2D eigenvalue weighted by atomic mass is 9.86. The van der Waals surface area contributed by atoms with Crippen molar-refractivity contribution in [1.82, 2.24) is 9.97 Å². The second kappa shape index (κ2) is 9.60. The summed E-state index contributed by atoms with van der Waals surface area (Å²) in [6.07, 6.45) is 2.09. The molecule has 190 valence electrons. The Bertz CT molecular complexity index is 1100. The molecular weight excluding hydrogens is 463 g/mol. The summed E-state index contributed by atoms with van der Waals surface area (Å²) in [5, 5.41) is 11.9. The third kappa shape index (κ3) is 5.19. The summed E-state index contributed by atoms with van der Waals surface area (Å²) < 4.78 is 46.8. The van der Waals surface area contributed by atoms with Gasteiger partial charge in [0.25, 0.3) is 0 Å². The highest BCUT2D eigenvalue weighted by Gasteiger charge is 2.40. The van der Waals surface area contributed by atoms with Crippen LogP contribution in [0.4, 0.5) is 30.4 Å². The van der Waals surface area contributed by atoms with Crippen LogP contribution >= 0.6 is 0 Å². The number of pyridine rings is 2. The second-order valence-electron chi connectivity index (χ2n) is 9.60. The van der Waals surface area contributed by atoms with Crippen molar-refractivity contribution in [2.24, 2.45) is 5.41 Å². The van der Waals surface area contributed by atoms with Crippen LogP contribution in [0.2, 0.25) is 0 Å². The number of rotatable bonds is 9. The van der Waals surface area contributed by atoms with Gasteiger partial charge in [0, 0.05) is 43.3 Å². The lowest BCUT2D eigenvalue weighted by Gasteiger charge is -2.35. The summed E-state index contributed by atoms with van der Waals surface area (Å²) in [6, 6.07) is 2.49. The Kier molecular flexibility index (Phi) is 6.90. The van der Waals surface area contributed by atoms with Crippen LogP contribution in [0.15, 0.2) is 18.3 Å². The van der Waals surface area contributed by atoms with Crippen molar-refractivity contribution in [2.75, 3.05) is 37.4 Å². The van der Waals surface area contributed by atoms with Crippen molar-refractivity contribution in [2.45, 2.75) is 57.5 Å². The molecule has 2 aromatic rings. The molecule has 2 aliphatic carbocycles. The van der Waals surface area contributed by atoms with E-state index in [2.05, 4.69) is 9.97 Å². The van der Waals surface area contributed by atoms with E-state index >= 15 is 0 Å². The predicted molar refractivity (Wildman–Crippen MR) is 126 cm³/mol. The topological polar surface area (TPSA) is 107 Å². The number of alkyl halides is 3. The number of halogens is 3. The molecule has 2 heterocycles. The van der Waals surface area contributed by atoms with E-state index in [4.69, 9.17) is 10.5 Å². The van der Waals surface area contributed by atoms with Gasteiger partial charge >= 0.3 is 11.9 Å². The normalized spacial score (nSPS) is 17.5. The van der Waals surface area contributed by atoms with E-state index in [1.807, 2.05) is 11.8 Å². The zero-order valence-electron chi connectivity index (χ0n) is 19.9. The van der Waals surface area contributed by atoms with E-state index in [-0.39, 0.29) is 45.5 Å². The van der Waals surface area contributed by atoms with E-state index in [0.717, 1.165) is 31.7 Å². The minimum atomic E-state index is -4.57. The Hall–Kier alpha value is -2.95. The van der Waals surface area contributed by atoms with Crippen LogP contribution in [0.5, 0.6) is 0 Å². The van der Waals surface area contributed by atoms with E-state index in [1.54, 1.807) is 7.11 Å². The third-order valence-corrected chi connectivity index (χ3v) is 7.03. The van der Waals surface area contributed by atoms with Gasteiger partial charge in [-0.05, 0) is 44.7 Å². The molecule has 2 saturated carbocycles. The molecule has 2 aromatic heterocycles. The monoisotopic (exact) mass is 493 g/mol. The van der Waals surface area contributed by atoms with Crippen LogP contribution < -0.4 is 10.6 Å². The molecule has 0 bridgehead atoms. The average Bonchev–Trinajstić information content (AvgIpc) is 3.55. The zero-order valence-corrected chi connectivity index (χ0v) is 19.9. The number of nitro groups is 1. The van der Waals surface area contributed by atoms with Crippen molar-refractivity contribution in [3.05, 3.63) is 39.7 Å². The Morgan fingerprint density at radius 1 is 1.29 bits per heavy atom. The van der Waals surface area contributed by atoms with Gasteiger partial charge in [-0.3, -0.25) is 15.1 Å². The SMILES string of the molecule is CCN(CC1(COC)CCCC1)c1cc(-c2cnc(C3CC3)c(C(F)(F)F)c2)nc(N)c1[N+](=O)[O-]. The maximum absolute atomic E-state index is 13.8. The first-order valence-electron chi connectivity index (χ1n) is 11.8. The number of anilines is 2. The van der Waals surface area contributed by atoms with E-state index in [0.29, 0.717) is 32.5 Å². The molecule has 35 heavy (non-hydrogen) atoms. The molecule has 0 radical (unpaired) electrons. The van der Waals surface area contributed by atoms with Gasteiger partial charge in [0.05, 0.1) is 28.5 Å². The molecule has 11 heteroatoms. The Morgan fingerprint density at radius 3 is 2.51 bits per heavy atom. The number of hydrogen-bond donors (Lipinski definition) is 1. The van der Waals surface area contributed by atoms with Gasteiger partial charge in [-0.1, -0.05) is 12.8 Å². The molecule has 0 saturated heterocycles. The maximum atomic E-state index is 13.8. The van der Waals surface area contributed by atoms with Crippen LogP contribution in [0, 0.1) is 15.5 Å². The first-order chi connectivity index (χ1) is 16.6. The fourth-order valence-electron chi connectivity index (χ4n) is 5.20. The Labute approximate surface area is 201 Å². The first-order valence-corrected chi connectivity index (χ1v) is 11.8. The summed E-state index contributed by atoms with van der Waals surface area (Å²) in [5.74, 6) is -0.530. The van der Waals surface area contributed by atoms with Gasteiger partial charge in [-0.25, -0.2) is 4.98 Å².